The summed E-state index contributed by atoms with van der Waals surface area (Å²) in [5.74, 6) is 1.61. The van der Waals surface area contributed by atoms with E-state index < -0.39 is 6.10 Å². The van der Waals surface area contributed by atoms with E-state index in [0.29, 0.717) is 5.75 Å². The molecule has 0 aliphatic rings. The monoisotopic (exact) mass is 623 g/mol. The van der Waals surface area contributed by atoms with Gasteiger partial charge in [0.25, 0.3) is 0 Å². The number of phenols is 1. The molecule has 0 fully saturated rings. The topological polar surface area (TPSA) is 75.7 Å². The zero-order chi connectivity index (χ0) is 15.6. The van der Waals surface area contributed by atoms with E-state index in [-0.39, 0.29) is 12.3 Å². The van der Waals surface area contributed by atoms with Crippen molar-refractivity contribution in [1.29, 1.82) is 0 Å². The van der Waals surface area contributed by atoms with Crippen molar-refractivity contribution in [2.24, 2.45) is 5.73 Å². The largest absolute Gasteiger partial charge is 0.507 e. The Bertz CT molecular complexity index is 641. The van der Waals surface area contributed by atoms with E-state index in [2.05, 4.69) is 45.2 Å². The van der Waals surface area contributed by atoms with E-state index in [9.17, 15) is 10.2 Å². The molecule has 0 radical (unpaired) electrons. The van der Waals surface area contributed by atoms with Crippen LogP contribution in [-0.4, -0.2) is 16.8 Å². The summed E-state index contributed by atoms with van der Waals surface area (Å²) >= 11 is 6.39. The zero-order valence-corrected chi connectivity index (χ0v) is 17.2. The number of benzene rings is 2. The van der Waals surface area contributed by atoms with Crippen LogP contribution in [0.25, 0.3) is 0 Å². The lowest BCUT2D eigenvalue weighted by Crippen LogP contribution is -2.12. The first kappa shape index (κ1) is 17.5. The summed E-state index contributed by atoms with van der Waals surface area (Å²) in [6.07, 6.45) is -0.671. The van der Waals surface area contributed by atoms with Gasteiger partial charge in [0, 0.05) is 6.54 Å². The molecular formula is C14H12I3NO3. The number of aromatic hydroxyl groups is 1. The molecule has 2 rings (SSSR count). The third-order valence-electron chi connectivity index (χ3n) is 2.77. The van der Waals surface area contributed by atoms with Crippen molar-refractivity contribution in [1.82, 2.24) is 0 Å². The molecule has 1 unspecified atom stereocenters. The lowest BCUT2D eigenvalue weighted by Gasteiger charge is -2.14. The molecule has 0 saturated heterocycles. The molecule has 1 atom stereocenters. The Morgan fingerprint density at radius 3 is 2.19 bits per heavy atom. The van der Waals surface area contributed by atoms with Crippen molar-refractivity contribution >= 4 is 67.8 Å². The van der Waals surface area contributed by atoms with Gasteiger partial charge in [0.2, 0.25) is 0 Å². The van der Waals surface area contributed by atoms with Crippen molar-refractivity contribution < 1.29 is 14.9 Å². The Balaban J connectivity index is 2.34. The molecule has 0 bridgehead atoms. The van der Waals surface area contributed by atoms with Gasteiger partial charge in [-0.15, -0.1) is 0 Å². The van der Waals surface area contributed by atoms with Gasteiger partial charge >= 0.3 is 0 Å². The number of hydrogen-bond acceptors (Lipinski definition) is 4. The number of aliphatic hydroxyl groups excluding tert-OH is 1. The van der Waals surface area contributed by atoms with Gasteiger partial charge in [-0.2, -0.15) is 0 Å². The smallest absolute Gasteiger partial charge is 0.154 e. The van der Waals surface area contributed by atoms with E-state index in [4.69, 9.17) is 10.5 Å². The maximum Gasteiger partial charge on any atom is 0.154 e. The van der Waals surface area contributed by atoms with Crippen LogP contribution >= 0.6 is 67.8 Å². The molecule has 0 amide bonds. The van der Waals surface area contributed by atoms with Crippen LogP contribution in [0, 0.1) is 10.7 Å². The average molecular weight is 623 g/mol. The molecular weight excluding hydrogens is 611 g/mol. The van der Waals surface area contributed by atoms with E-state index in [0.717, 1.165) is 22.0 Å². The Hall–Kier alpha value is 0.150. The number of phenolic OH excluding ortho intramolecular Hbond substituents is 1. The van der Waals surface area contributed by atoms with Crippen LogP contribution in [0.4, 0.5) is 0 Å². The van der Waals surface area contributed by atoms with Gasteiger partial charge in [0.05, 0.1) is 16.8 Å². The molecule has 4 nitrogen and oxygen atoms in total. The molecule has 2 aromatic rings. The highest BCUT2D eigenvalue weighted by Crippen LogP contribution is 2.35. The predicted octanol–water partition coefficient (Wildman–Crippen LogP) is 3.99. The number of aliphatic hydroxyl groups is 1. The second-order valence-corrected chi connectivity index (χ2v) is 7.77. The second kappa shape index (κ2) is 7.62. The Morgan fingerprint density at radius 2 is 1.67 bits per heavy atom. The molecule has 0 saturated carbocycles. The Morgan fingerprint density at radius 1 is 1.05 bits per heavy atom. The van der Waals surface area contributed by atoms with Gasteiger partial charge in [-0.1, -0.05) is 0 Å². The van der Waals surface area contributed by atoms with Gasteiger partial charge < -0.3 is 20.7 Å². The van der Waals surface area contributed by atoms with E-state index in [1.165, 1.54) is 0 Å². The fourth-order valence-electron chi connectivity index (χ4n) is 1.67. The van der Waals surface area contributed by atoms with Crippen molar-refractivity contribution in [2.45, 2.75) is 6.10 Å². The first-order valence-corrected chi connectivity index (χ1v) is 9.19. The minimum atomic E-state index is -0.671. The van der Waals surface area contributed by atoms with Gasteiger partial charge in [0.1, 0.15) is 11.5 Å². The highest BCUT2D eigenvalue weighted by molar-refractivity contribution is 14.1. The van der Waals surface area contributed by atoms with Crippen LogP contribution in [0.15, 0.2) is 30.3 Å². The van der Waals surface area contributed by atoms with Gasteiger partial charge in [0.15, 0.2) is 5.75 Å². The van der Waals surface area contributed by atoms with Gasteiger partial charge in [-0.25, -0.2) is 0 Å². The summed E-state index contributed by atoms with van der Waals surface area (Å²) in [7, 11) is 0. The Labute approximate surface area is 163 Å². The lowest BCUT2D eigenvalue weighted by molar-refractivity contribution is 0.186. The molecule has 112 valence electrons. The number of halogens is 3. The van der Waals surface area contributed by atoms with Crippen molar-refractivity contribution in [3.8, 4) is 17.2 Å². The molecule has 0 aromatic heterocycles. The third kappa shape index (κ3) is 4.33. The van der Waals surface area contributed by atoms with E-state index >= 15 is 0 Å². The van der Waals surface area contributed by atoms with Crippen LogP contribution < -0.4 is 10.5 Å². The highest BCUT2D eigenvalue weighted by Gasteiger charge is 2.14. The SMILES string of the molecule is NCC(O)c1cc(I)c(Oc2ccc(O)c(I)c2)c(I)c1. The fraction of sp³-hybridized carbons (Fsp3) is 0.143. The second-order valence-electron chi connectivity index (χ2n) is 4.28. The quantitative estimate of drug-likeness (QED) is 0.451. The Kier molecular flexibility index (Phi) is 6.35. The fourth-order valence-corrected chi connectivity index (χ4v) is 4.20. The number of hydrogen-bond donors (Lipinski definition) is 3. The average Bonchev–Trinajstić information content (AvgIpc) is 2.45. The van der Waals surface area contributed by atoms with Crippen LogP contribution in [0.5, 0.6) is 17.2 Å². The predicted molar refractivity (Wildman–Crippen MR) is 107 cm³/mol. The summed E-state index contributed by atoms with van der Waals surface area (Å²) in [4.78, 5) is 0. The minimum absolute atomic E-state index is 0.183. The normalized spacial score (nSPS) is 12.2. The van der Waals surface area contributed by atoms with Crippen LogP contribution in [-0.2, 0) is 0 Å². The summed E-state index contributed by atoms with van der Waals surface area (Å²) in [6.45, 7) is 0.183. The highest BCUT2D eigenvalue weighted by atomic mass is 127. The molecule has 21 heavy (non-hydrogen) atoms. The van der Waals surface area contributed by atoms with Gasteiger partial charge in [-0.3, -0.25) is 0 Å². The molecule has 0 heterocycles. The van der Waals surface area contributed by atoms with Crippen LogP contribution in [0.1, 0.15) is 11.7 Å². The molecule has 2 aromatic carbocycles. The molecule has 0 aliphatic carbocycles. The zero-order valence-electron chi connectivity index (χ0n) is 10.7. The first-order valence-electron chi connectivity index (χ1n) is 5.95. The first-order chi connectivity index (χ1) is 9.92. The van der Waals surface area contributed by atoms with Crippen molar-refractivity contribution in [3.05, 3.63) is 46.6 Å². The summed E-state index contributed by atoms with van der Waals surface area (Å²) in [5, 5.41) is 19.4. The summed E-state index contributed by atoms with van der Waals surface area (Å²) in [5.41, 5.74) is 6.26. The standard InChI is InChI=1S/C14H12I3NO3/c15-9-5-8(1-2-12(9)19)21-14-10(16)3-7(4-11(14)17)13(20)6-18/h1-5,13,19-20H,6,18H2. The van der Waals surface area contributed by atoms with E-state index in [1.54, 1.807) is 18.2 Å². The van der Waals surface area contributed by atoms with Crippen molar-refractivity contribution in [2.75, 3.05) is 6.54 Å². The van der Waals surface area contributed by atoms with Gasteiger partial charge in [-0.05, 0) is 104 Å². The third-order valence-corrected chi connectivity index (χ3v) is 5.23. The summed E-state index contributed by atoms with van der Waals surface area (Å²) in [6, 6.07) is 8.81. The number of rotatable bonds is 4. The molecule has 7 heteroatoms. The lowest BCUT2D eigenvalue weighted by atomic mass is 10.1. The molecule has 4 N–H and O–H groups in total. The molecule has 0 aliphatic heterocycles. The van der Waals surface area contributed by atoms with Crippen LogP contribution in [0.3, 0.4) is 0 Å². The minimum Gasteiger partial charge on any atom is -0.507 e. The number of ether oxygens (including phenoxy) is 1. The van der Waals surface area contributed by atoms with E-state index in [1.807, 2.05) is 34.7 Å². The maximum absolute atomic E-state index is 9.82. The summed E-state index contributed by atoms with van der Waals surface area (Å²) < 4.78 is 8.41. The van der Waals surface area contributed by atoms with Crippen molar-refractivity contribution in [3.63, 3.8) is 0 Å². The maximum atomic E-state index is 9.82. The number of nitrogens with two attached hydrogens (primary N) is 1. The van der Waals surface area contributed by atoms with Crippen LogP contribution in [0.2, 0.25) is 0 Å². The molecule has 0 spiro atoms.